The second kappa shape index (κ2) is 5.51. The first kappa shape index (κ1) is 12.5. The van der Waals surface area contributed by atoms with Crippen LogP contribution in [0.15, 0.2) is 27.6 Å². The SMILES string of the molecule is C#CCN(CC(=O)O)C(=O)c1ccc(=O)oc1. The van der Waals surface area contributed by atoms with Crippen LogP contribution in [0.3, 0.4) is 0 Å². The Hall–Kier alpha value is -2.55. The summed E-state index contributed by atoms with van der Waals surface area (Å²) in [7, 11) is 0. The van der Waals surface area contributed by atoms with E-state index >= 15 is 0 Å². The molecule has 0 aliphatic carbocycles. The van der Waals surface area contributed by atoms with Gasteiger partial charge in [0.2, 0.25) is 0 Å². The third kappa shape index (κ3) is 3.50. The van der Waals surface area contributed by atoms with Gasteiger partial charge in [-0.3, -0.25) is 9.59 Å². The predicted molar refractivity (Wildman–Crippen MR) is 57.4 cm³/mol. The molecule has 1 aromatic rings. The van der Waals surface area contributed by atoms with E-state index in [-0.39, 0.29) is 12.1 Å². The van der Waals surface area contributed by atoms with E-state index < -0.39 is 24.0 Å². The van der Waals surface area contributed by atoms with Gasteiger partial charge in [0.15, 0.2) is 0 Å². The van der Waals surface area contributed by atoms with E-state index in [4.69, 9.17) is 11.5 Å². The van der Waals surface area contributed by atoms with Gasteiger partial charge in [0.05, 0.1) is 12.1 Å². The average molecular weight is 235 g/mol. The topological polar surface area (TPSA) is 87.8 Å². The molecule has 0 fully saturated rings. The van der Waals surface area contributed by atoms with E-state index in [0.29, 0.717) is 0 Å². The van der Waals surface area contributed by atoms with Crippen molar-refractivity contribution in [2.75, 3.05) is 13.1 Å². The number of hydrogen-bond donors (Lipinski definition) is 1. The summed E-state index contributed by atoms with van der Waals surface area (Å²) < 4.78 is 4.51. The van der Waals surface area contributed by atoms with Crippen LogP contribution >= 0.6 is 0 Å². The zero-order valence-corrected chi connectivity index (χ0v) is 8.75. The fourth-order valence-electron chi connectivity index (χ4n) is 1.14. The molecule has 0 aromatic carbocycles. The number of rotatable bonds is 4. The molecular formula is C11H9NO5. The normalized spacial score (nSPS) is 9.35. The van der Waals surface area contributed by atoms with Crippen LogP contribution in [0.5, 0.6) is 0 Å². The molecule has 0 aliphatic heterocycles. The monoisotopic (exact) mass is 235 g/mol. The van der Waals surface area contributed by atoms with Crippen LogP contribution in [-0.4, -0.2) is 35.0 Å². The molecule has 1 amide bonds. The molecule has 0 saturated heterocycles. The molecule has 6 nitrogen and oxygen atoms in total. The lowest BCUT2D eigenvalue weighted by Crippen LogP contribution is -2.36. The molecule has 0 unspecified atom stereocenters. The number of carbonyl (C=O) groups is 2. The highest BCUT2D eigenvalue weighted by atomic mass is 16.4. The van der Waals surface area contributed by atoms with Crippen LogP contribution in [0.4, 0.5) is 0 Å². The lowest BCUT2D eigenvalue weighted by atomic mass is 10.2. The Balaban J connectivity index is 2.91. The maximum atomic E-state index is 11.8. The van der Waals surface area contributed by atoms with Gasteiger partial charge in [-0.1, -0.05) is 5.92 Å². The Morgan fingerprint density at radius 2 is 2.18 bits per heavy atom. The molecule has 0 spiro atoms. The minimum Gasteiger partial charge on any atom is -0.480 e. The van der Waals surface area contributed by atoms with Crippen molar-refractivity contribution >= 4 is 11.9 Å². The molecule has 1 rings (SSSR count). The Labute approximate surface area is 96.5 Å². The molecule has 0 bridgehead atoms. The number of carbonyl (C=O) groups excluding carboxylic acids is 1. The number of nitrogens with zero attached hydrogens (tertiary/aromatic N) is 1. The smallest absolute Gasteiger partial charge is 0.335 e. The number of carboxylic acids is 1. The zero-order chi connectivity index (χ0) is 12.8. The van der Waals surface area contributed by atoms with Crippen LogP contribution in [0.25, 0.3) is 0 Å². The summed E-state index contributed by atoms with van der Waals surface area (Å²) in [5, 5.41) is 8.61. The first-order valence-electron chi connectivity index (χ1n) is 4.58. The van der Waals surface area contributed by atoms with Crippen molar-refractivity contribution in [3.05, 3.63) is 34.4 Å². The van der Waals surface area contributed by atoms with Crippen molar-refractivity contribution in [2.24, 2.45) is 0 Å². The van der Waals surface area contributed by atoms with Crippen LogP contribution in [-0.2, 0) is 4.79 Å². The molecule has 0 radical (unpaired) electrons. The van der Waals surface area contributed by atoms with Gasteiger partial charge in [0, 0.05) is 6.07 Å². The fourth-order valence-corrected chi connectivity index (χ4v) is 1.14. The number of terminal acetylenes is 1. The van der Waals surface area contributed by atoms with E-state index in [2.05, 4.69) is 10.3 Å². The fraction of sp³-hybridized carbons (Fsp3) is 0.182. The van der Waals surface area contributed by atoms with E-state index in [1.165, 1.54) is 6.07 Å². The number of carboxylic acid groups (broad SMARTS) is 1. The Morgan fingerprint density at radius 3 is 2.65 bits per heavy atom. The molecule has 0 saturated carbocycles. The molecule has 1 heterocycles. The predicted octanol–water partition coefficient (Wildman–Crippen LogP) is -0.200. The van der Waals surface area contributed by atoms with E-state index in [9.17, 15) is 14.4 Å². The highest BCUT2D eigenvalue weighted by molar-refractivity contribution is 5.95. The summed E-state index contributed by atoms with van der Waals surface area (Å²) in [6.07, 6.45) is 6.00. The van der Waals surface area contributed by atoms with Crippen LogP contribution in [0, 0.1) is 12.3 Å². The van der Waals surface area contributed by atoms with Gasteiger partial charge >= 0.3 is 11.6 Å². The molecule has 0 aliphatic rings. The minimum absolute atomic E-state index is 0.0705. The van der Waals surface area contributed by atoms with Gasteiger partial charge in [0.1, 0.15) is 12.8 Å². The quantitative estimate of drug-likeness (QED) is 0.730. The van der Waals surface area contributed by atoms with Gasteiger partial charge in [0.25, 0.3) is 5.91 Å². The number of amides is 1. The van der Waals surface area contributed by atoms with Gasteiger partial charge in [-0.05, 0) is 6.07 Å². The summed E-state index contributed by atoms with van der Waals surface area (Å²) in [5.41, 5.74) is -0.524. The zero-order valence-electron chi connectivity index (χ0n) is 8.75. The van der Waals surface area contributed by atoms with Gasteiger partial charge in [-0.2, -0.15) is 0 Å². The van der Waals surface area contributed by atoms with Crippen LogP contribution in [0.1, 0.15) is 10.4 Å². The third-order valence-corrected chi connectivity index (χ3v) is 1.84. The lowest BCUT2D eigenvalue weighted by Gasteiger charge is -2.17. The van der Waals surface area contributed by atoms with Crippen molar-refractivity contribution in [3.63, 3.8) is 0 Å². The molecule has 0 atom stereocenters. The molecule has 6 heteroatoms. The van der Waals surface area contributed by atoms with Gasteiger partial charge in [-0.25, -0.2) is 4.79 Å². The van der Waals surface area contributed by atoms with Gasteiger partial charge in [-0.15, -0.1) is 6.42 Å². The van der Waals surface area contributed by atoms with E-state index in [1.807, 2.05) is 0 Å². The average Bonchev–Trinajstić information content (AvgIpc) is 2.28. The summed E-state index contributed by atoms with van der Waals surface area (Å²) in [5.74, 6) is 0.407. The van der Waals surface area contributed by atoms with Crippen LogP contribution in [0.2, 0.25) is 0 Å². The summed E-state index contributed by atoms with van der Waals surface area (Å²) in [4.78, 5) is 34.0. The largest absolute Gasteiger partial charge is 0.480 e. The minimum atomic E-state index is -1.18. The standard InChI is InChI=1S/C11H9NO5/c1-2-5-12(6-9(13)14)11(16)8-3-4-10(15)17-7-8/h1,3-4,7H,5-6H2,(H,13,14). The maximum absolute atomic E-state index is 11.8. The molecule has 88 valence electrons. The lowest BCUT2D eigenvalue weighted by molar-refractivity contribution is -0.137. The second-order valence-electron chi connectivity index (χ2n) is 3.10. The third-order valence-electron chi connectivity index (χ3n) is 1.84. The molecular weight excluding hydrogens is 226 g/mol. The highest BCUT2D eigenvalue weighted by Gasteiger charge is 2.18. The van der Waals surface area contributed by atoms with Crippen molar-refractivity contribution in [1.82, 2.24) is 4.90 Å². The molecule has 1 N–H and O–H groups in total. The maximum Gasteiger partial charge on any atom is 0.335 e. The van der Waals surface area contributed by atoms with E-state index in [1.54, 1.807) is 0 Å². The summed E-state index contributed by atoms with van der Waals surface area (Å²) >= 11 is 0. The van der Waals surface area contributed by atoms with Crippen molar-refractivity contribution < 1.29 is 19.1 Å². The second-order valence-corrected chi connectivity index (χ2v) is 3.10. The van der Waals surface area contributed by atoms with Crippen molar-refractivity contribution in [1.29, 1.82) is 0 Å². The number of aliphatic carboxylic acids is 1. The van der Waals surface area contributed by atoms with E-state index in [0.717, 1.165) is 17.2 Å². The van der Waals surface area contributed by atoms with Crippen molar-refractivity contribution in [2.45, 2.75) is 0 Å². The van der Waals surface area contributed by atoms with Crippen molar-refractivity contribution in [3.8, 4) is 12.3 Å². The number of hydrogen-bond acceptors (Lipinski definition) is 4. The summed E-state index contributed by atoms with van der Waals surface area (Å²) in [6.45, 7) is -0.646. The summed E-state index contributed by atoms with van der Waals surface area (Å²) in [6, 6.07) is 2.32. The van der Waals surface area contributed by atoms with Gasteiger partial charge < -0.3 is 14.4 Å². The van der Waals surface area contributed by atoms with Crippen LogP contribution < -0.4 is 5.63 Å². The Morgan fingerprint density at radius 1 is 1.47 bits per heavy atom. The molecule has 17 heavy (non-hydrogen) atoms. The first-order valence-corrected chi connectivity index (χ1v) is 4.58. The molecule has 1 aromatic heterocycles. The highest BCUT2D eigenvalue weighted by Crippen LogP contribution is 2.02. The Kier molecular flexibility index (Phi) is 4.06. The Bertz CT molecular complexity index is 505. The first-order chi connectivity index (χ1) is 8.04.